The highest BCUT2D eigenvalue weighted by Crippen LogP contribution is 2.37. The lowest BCUT2D eigenvalue weighted by Crippen LogP contribution is -2.42. The molecule has 2 heterocycles. The standard InChI is InChI=1S/C19H18N4O2/c20-9-12-4-6-16(23-7-1-2-13(21)10-23)17-14-5-3-11(19(24)25)8-15(14)22-18(12)17/h3-6,8,13,22H,1-2,7,10,21H2,(H,24,25)/t13-/m1/s1. The third kappa shape index (κ3) is 2.49. The molecule has 4 N–H and O–H groups in total. The molecule has 0 spiro atoms. The Labute approximate surface area is 144 Å². The molecule has 25 heavy (non-hydrogen) atoms. The van der Waals surface area contributed by atoms with Crippen molar-refractivity contribution >= 4 is 33.5 Å². The van der Waals surface area contributed by atoms with Crippen molar-refractivity contribution in [2.45, 2.75) is 18.9 Å². The van der Waals surface area contributed by atoms with Crippen LogP contribution in [0.4, 0.5) is 5.69 Å². The maximum atomic E-state index is 11.2. The lowest BCUT2D eigenvalue weighted by molar-refractivity contribution is 0.0697. The number of hydrogen-bond donors (Lipinski definition) is 3. The number of H-pyrrole nitrogens is 1. The van der Waals surface area contributed by atoms with Crippen molar-refractivity contribution in [1.82, 2.24) is 4.98 Å². The first-order valence-electron chi connectivity index (χ1n) is 8.31. The lowest BCUT2D eigenvalue weighted by Gasteiger charge is -2.33. The Morgan fingerprint density at radius 1 is 1.36 bits per heavy atom. The number of nitrogens with two attached hydrogens (primary N) is 1. The SMILES string of the molecule is N#Cc1ccc(N2CCC[C@@H](N)C2)c2c1[nH]c1cc(C(=O)O)ccc12. The Balaban J connectivity index is 1.99. The Bertz CT molecular complexity index is 1030. The fourth-order valence-electron chi connectivity index (χ4n) is 3.71. The Hall–Kier alpha value is -3.04. The molecule has 0 bridgehead atoms. The summed E-state index contributed by atoms with van der Waals surface area (Å²) in [6.45, 7) is 1.70. The second-order valence-electron chi connectivity index (χ2n) is 6.53. The molecule has 0 radical (unpaired) electrons. The number of anilines is 1. The fourth-order valence-corrected chi connectivity index (χ4v) is 3.71. The highest BCUT2D eigenvalue weighted by Gasteiger charge is 2.22. The second-order valence-corrected chi connectivity index (χ2v) is 6.53. The molecule has 6 heteroatoms. The molecule has 3 aromatic rings. The first kappa shape index (κ1) is 15.5. The quantitative estimate of drug-likeness (QED) is 0.668. The summed E-state index contributed by atoms with van der Waals surface area (Å²) < 4.78 is 0. The van der Waals surface area contributed by atoms with Crippen LogP contribution in [0.1, 0.15) is 28.8 Å². The summed E-state index contributed by atoms with van der Waals surface area (Å²) in [4.78, 5) is 16.7. The number of aromatic carboxylic acids is 1. The number of nitrogens with zero attached hydrogens (tertiary/aromatic N) is 2. The summed E-state index contributed by atoms with van der Waals surface area (Å²) >= 11 is 0. The summed E-state index contributed by atoms with van der Waals surface area (Å²) in [5.41, 5.74) is 9.42. The number of hydrogen-bond acceptors (Lipinski definition) is 4. The van der Waals surface area contributed by atoms with Gasteiger partial charge in [0.2, 0.25) is 0 Å². The number of carbonyl (C=O) groups is 1. The Morgan fingerprint density at radius 3 is 2.92 bits per heavy atom. The molecule has 0 unspecified atom stereocenters. The molecule has 1 aliphatic heterocycles. The van der Waals surface area contributed by atoms with Crippen molar-refractivity contribution in [3.8, 4) is 6.07 Å². The van der Waals surface area contributed by atoms with E-state index < -0.39 is 5.97 Å². The van der Waals surface area contributed by atoms with Gasteiger partial charge in [-0.25, -0.2) is 4.79 Å². The predicted octanol–water partition coefficient (Wildman–Crippen LogP) is 2.82. The number of nitrogens with one attached hydrogen (secondary N) is 1. The molecule has 1 atom stereocenters. The van der Waals surface area contributed by atoms with Crippen LogP contribution in [0, 0.1) is 11.3 Å². The number of aromatic amines is 1. The third-order valence-corrected chi connectivity index (χ3v) is 4.90. The van der Waals surface area contributed by atoms with E-state index in [0.717, 1.165) is 53.4 Å². The number of aromatic nitrogens is 1. The molecule has 4 rings (SSSR count). The number of piperidine rings is 1. The van der Waals surface area contributed by atoms with E-state index in [4.69, 9.17) is 5.73 Å². The minimum Gasteiger partial charge on any atom is -0.478 e. The highest BCUT2D eigenvalue weighted by atomic mass is 16.4. The average Bonchev–Trinajstić information content (AvgIpc) is 2.99. The number of fused-ring (bicyclic) bond motifs is 3. The van der Waals surface area contributed by atoms with Gasteiger partial charge in [-0.05, 0) is 37.1 Å². The van der Waals surface area contributed by atoms with Crippen molar-refractivity contribution < 1.29 is 9.90 Å². The van der Waals surface area contributed by atoms with Crippen molar-refractivity contribution in [1.29, 1.82) is 5.26 Å². The van der Waals surface area contributed by atoms with Gasteiger partial charge < -0.3 is 20.7 Å². The van der Waals surface area contributed by atoms with Crippen LogP contribution in [0.3, 0.4) is 0 Å². The van der Waals surface area contributed by atoms with Crippen molar-refractivity contribution in [2.75, 3.05) is 18.0 Å². The summed E-state index contributed by atoms with van der Waals surface area (Å²) in [7, 11) is 0. The molecule has 0 aliphatic carbocycles. The molecule has 1 aromatic heterocycles. The first-order chi connectivity index (χ1) is 12.1. The molecular weight excluding hydrogens is 316 g/mol. The number of benzene rings is 2. The van der Waals surface area contributed by atoms with Crippen LogP contribution in [0.25, 0.3) is 21.8 Å². The van der Waals surface area contributed by atoms with Gasteiger partial charge in [-0.1, -0.05) is 6.07 Å². The number of rotatable bonds is 2. The smallest absolute Gasteiger partial charge is 0.335 e. The van der Waals surface area contributed by atoms with E-state index >= 15 is 0 Å². The molecule has 126 valence electrons. The van der Waals surface area contributed by atoms with Gasteiger partial charge in [-0.2, -0.15) is 5.26 Å². The molecule has 0 saturated carbocycles. The minimum absolute atomic E-state index is 0.142. The average molecular weight is 334 g/mol. The molecule has 2 aromatic carbocycles. The molecule has 1 fully saturated rings. The van der Waals surface area contributed by atoms with Gasteiger partial charge in [0.25, 0.3) is 0 Å². The zero-order valence-electron chi connectivity index (χ0n) is 13.6. The van der Waals surface area contributed by atoms with Crippen LogP contribution in [0.15, 0.2) is 30.3 Å². The van der Waals surface area contributed by atoms with Gasteiger partial charge in [0.1, 0.15) is 6.07 Å². The molecule has 6 nitrogen and oxygen atoms in total. The number of carboxylic acids is 1. The molecule has 0 amide bonds. The van der Waals surface area contributed by atoms with Gasteiger partial charge in [0.05, 0.1) is 16.6 Å². The van der Waals surface area contributed by atoms with Gasteiger partial charge >= 0.3 is 5.97 Å². The molecular formula is C19H18N4O2. The minimum atomic E-state index is -0.969. The molecule has 1 aliphatic rings. The predicted molar refractivity (Wildman–Crippen MR) is 96.9 cm³/mol. The van der Waals surface area contributed by atoms with Crippen LogP contribution in [-0.2, 0) is 0 Å². The molecule has 1 saturated heterocycles. The van der Waals surface area contributed by atoms with Crippen LogP contribution in [0.5, 0.6) is 0 Å². The van der Waals surface area contributed by atoms with E-state index in [9.17, 15) is 15.2 Å². The third-order valence-electron chi connectivity index (χ3n) is 4.90. The lowest BCUT2D eigenvalue weighted by atomic mass is 10.0. The number of carboxylic acid groups (broad SMARTS) is 1. The largest absolute Gasteiger partial charge is 0.478 e. The summed E-state index contributed by atoms with van der Waals surface area (Å²) in [6.07, 6.45) is 2.06. The van der Waals surface area contributed by atoms with Crippen molar-refractivity contribution in [2.24, 2.45) is 5.73 Å². The zero-order valence-corrected chi connectivity index (χ0v) is 13.6. The van der Waals surface area contributed by atoms with E-state index in [-0.39, 0.29) is 11.6 Å². The summed E-state index contributed by atoms with van der Waals surface area (Å²) in [5, 5.41) is 20.5. The van der Waals surface area contributed by atoms with E-state index in [1.54, 1.807) is 12.1 Å². The fraction of sp³-hybridized carbons (Fsp3) is 0.263. The van der Waals surface area contributed by atoms with Gasteiger partial charge in [-0.3, -0.25) is 0 Å². The van der Waals surface area contributed by atoms with E-state index in [2.05, 4.69) is 16.0 Å². The highest BCUT2D eigenvalue weighted by molar-refractivity contribution is 6.15. The monoisotopic (exact) mass is 334 g/mol. The topological polar surface area (TPSA) is 106 Å². The van der Waals surface area contributed by atoms with Crippen molar-refractivity contribution in [3.63, 3.8) is 0 Å². The maximum absolute atomic E-state index is 11.2. The summed E-state index contributed by atoms with van der Waals surface area (Å²) in [5.74, 6) is -0.969. The normalized spacial score (nSPS) is 17.8. The van der Waals surface area contributed by atoms with Crippen LogP contribution >= 0.6 is 0 Å². The van der Waals surface area contributed by atoms with E-state index in [0.29, 0.717) is 5.56 Å². The van der Waals surface area contributed by atoms with Crippen molar-refractivity contribution in [3.05, 3.63) is 41.5 Å². The van der Waals surface area contributed by atoms with Gasteiger partial charge in [0.15, 0.2) is 0 Å². The Morgan fingerprint density at radius 2 is 2.20 bits per heavy atom. The Kier molecular flexibility index (Phi) is 3.59. The van der Waals surface area contributed by atoms with Gasteiger partial charge in [-0.15, -0.1) is 0 Å². The van der Waals surface area contributed by atoms with E-state index in [1.807, 2.05) is 18.2 Å². The second kappa shape index (κ2) is 5.80. The maximum Gasteiger partial charge on any atom is 0.335 e. The van der Waals surface area contributed by atoms with Crippen LogP contribution in [0.2, 0.25) is 0 Å². The number of nitriles is 1. The van der Waals surface area contributed by atoms with Crippen LogP contribution in [-0.4, -0.2) is 35.2 Å². The summed E-state index contributed by atoms with van der Waals surface area (Å²) in [6, 6.07) is 11.2. The van der Waals surface area contributed by atoms with E-state index in [1.165, 1.54) is 0 Å². The van der Waals surface area contributed by atoms with Gasteiger partial charge in [0, 0.05) is 41.1 Å². The first-order valence-corrected chi connectivity index (χ1v) is 8.31. The van der Waals surface area contributed by atoms with Crippen LogP contribution < -0.4 is 10.6 Å². The zero-order chi connectivity index (χ0) is 17.6.